The molecule has 0 radical (unpaired) electrons. The van der Waals surface area contributed by atoms with Crippen molar-refractivity contribution in [3.05, 3.63) is 29.3 Å². The predicted octanol–water partition coefficient (Wildman–Crippen LogP) is 3.35. The van der Waals surface area contributed by atoms with Crippen LogP contribution in [0.5, 0.6) is 0 Å². The summed E-state index contributed by atoms with van der Waals surface area (Å²) in [5.74, 6) is 0.0544. The van der Waals surface area contributed by atoms with E-state index in [0.717, 1.165) is 24.9 Å². The zero-order valence-corrected chi connectivity index (χ0v) is 12.0. The van der Waals surface area contributed by atoms with Crippen LogP contribution in [0.25, 0.3) is 0 Å². The largest absolute Gasteiger partial charge is 0.384 e. The van der Waals surface area contributed by atoms with Crippen LogP contribution in [0.3, 0.4) is 0 Å². The summed E-state index contributed by atoms with van der Waals surface area (Å²) >= 11 is 0. The Morgan fingerprint density at radius 2 is 2.26 bits per heavy atom. The first-order chi connectivity index (χ1) is 9.20. The molecule has 2 N–H and O–H groups in total. The first-order valence-electron chi connectivity index (χ1n) is 7.38. The van der Waals surface area contributed by atoms with Crippen molar-refractivity contribution in [3.8, 4) is 0 Å². The van der Waals surface area contributed by atoms with E-state index in [2.05, 4.69) is 24.5 Å². The summed E-state index contributed by atoms with van der Waals surface area (Å²) in [6.07, 6.45) is 5.73. The van der Waals surface area contributed by atoms with E-state index >= 15 is 0 Å². The van der Waals surface area contributed by atoms with Crippen molar-refractivity contribution < 1.29 is 4.79 Å². The number of fused-ring (bicyclic) bond motifs is 1. The van der Waals surface area contributed by atoms with Gasteiger partial charge in [-0.2, -0.15) is 0 Å². The maximum absolute atomic E-state index is 12.2. The zero-order valence-electron chi connectivity index (χ0n) is 12.0. The van der Waals surface area contributed by atoms with Crippen LogP contribution < -0.4 is 10.6 Å². The number of unbranched alkanes of at least 4 members (excludes halogenated alkanes) is 2. The molecule has 1 heterocycles. The molecule has 2 rings (SSSR count). The van der Waals surface area contributed by atoms with E-state index < -0.39 is 0 Å². The Hall–Kier alpha value is -1.51. The molecule has 0 fully saturated rings. The van der Waals surface area contributed by atoms with Crippen LogP contribution in [0.15, 0.2) is 18.2 Å². The molecule has 1 unspecified atom stereocenters. The Labute approximate surface area is 115 Å². The molecule has 1 aliphatic heterocycles. The van der Waals surface area contributed by atoms with E-state index in [9.17, 15) is 4.79 Å². The fourth-order valence-electron chi connectivity index (χ4n) is 2.53. The van der Waals surface area contributed by atoms with Gasteiger partial charge in [0.2, 0.25) is 0 Å². The van der Waals surface area contributed by atoms with Gasteiger partial charge in [-0.05, 0) is 43.5 Å². The van der Waals surface area contributed by atoms with Crippen LogP contribution in [0.2, 0.25) is 0 Å². The Balaban J connectivity index is 1.89. The van der Waals surface area contributed by atoms with Crippen LogP contribution in [0, 0.1) is 0 Å². The fourth-order valence-corrected chi connectivity index (χ4v) is 2.53. The summed E-state index contributed by atoms with van der Waals surface area (Å²) in [7, 11) is 0. The molecule has 1 aromatic carbocycles. The summed E-state index contributed by atoms with van der Waals surface area (Å²) in [5.41, 5.74) is 3.21. The summed E-state index contributed by atoms with van der Waals surface area (Å²) in [4.78, 5) is 12.2. The molecule has 0 spiro atoms. The highest BCUT2D eigenvalue weighted by atomic mass is 16.1. The molecule has 104 valence electrons. The minimum absolute atomic E-state index is 0.0544. The summed E-state index contributed by atoms with van der Waals surface area (Å²) in [5, 5.41) is 6.40. The number of rotatable bonds is 6. The highest BCUT2D eigenvalue weighted by Crippen LogP contribution is 2.23. The molecule has 1 aromatic rings. The Morgan fingerprint density at radius 3 is 3.05 bits per heavy atom. The van der Waals surface area contributed by atoms with Gasteiger partial charge in [-0.15, -0.1) is 0 Å². The standard InChI is InChI=1S/C16H24N2O/c1-3-4-5-6-12(2)18-16(19)14-7-8-15-13(11-14)9-10-17-15/h7-8,11-12,17H,3-6,9-10H2,1-2H3,(H,18,19). The summed E-state index contributed by atoms with van der Waals surface area (Å²) in [6, 6.07) is 6.19. The summed E-state index contributed by atoms with van der Waals surface area (Å²) in [6.45, 7) is 5.26. The lowest BCUT2D eigenvalue weighted by atomic mass is 10.1. The first-order valence-corrected chi connectivity index (χ1v) is 7.38. The van der Waals surface area contributed by atoms with Gasteiger partial charge < -0.3 is 10.6 Å². The third kappa shape index (κ3) is 3.72. The number of carbonyl (C=O) groups excluding carboxylic acids is 1. The number of anilines is 1. The SMILES string of the molecule is CCCCCC(C)NC(=O)c1ccc2c(c1)CCN2. The fraction of sp³-hybridized carbons (Fsp3) is 0.562. The second-order valence-electron chi connectivity index (χ2n) is 5.42. The third-order valence-electron chi connectivity index (χ3n) is 3.70. The second-order valence-corrected chi connectivity index (χ2v) is 5.42. The highest BCUT2D eigenvalue weighted by Gasteiger charge is 2.14. The van der Waals surface area contributed by atoms with Crippen LogP contribution in [0.4, 0.5) is 5.69 Å². The molecule has 19 heavy (non-hydrogen) atoms. The summed E-state index contributed by atoms with van der Waals surface area (Å²) < 4.78 is 0. The molecular weight excluding hydrogens is 236 g/mol. The van der Waals surface area contributed by atoms with Crippen LogP contribution >= 0.6 is 0 Å². The molecule has 0 saturated carbocycles. The molecule has 1 atom stereocenters. The monoisotopic (exact) mass is 260 g/mol. The topological polar surface area (TPSA) is 41.1 Å². The van der Waals surface area contributed by atoms with Crippen LogP contribution in [-0.4, -0.2) is 18.5 Å². The van der Waals surface area contributed by atoms with E-state index in [-0.39, 0.29) is 11.9 Å². The van der Waals surface area contributed by atoms with Crippen molar-refractivity contribution in [2.45, 2.75) is 52.0 Å². The minimum Gasteiger partial charge on any atom is -0.384 e. The lowest BCUT2D eigenvalue weighted by Gasteiger charge is -2.14. The first kappa shape index (κ1) is 13.9. The van der Waals surface area contributed by atoms with Gasteiger partial charge in [0.25, 0.3) is 5.91 Å². The third-order valence-corrected chi connectivity index (χ3v) is 3.70. The number of hydrogen-bond acceptors (Lipinski definition) is 2. The lowest BCUT2D eigenvalue weighted by molar-refractivity contribution is 0.0938. The van der Waals surface area contributed by atoms with Gasteiger partial charge in [-0.1, -0.05) is 26.2 Å². The van der Waals surface area contributed by atoms with E-state index in [4.69, 9.17) is 0 Å². The Kier molecular flexibility index (Phi) is 4.83. The van der Waals surface area contributed by atoms with Gasteiger partial charge >= 0.3 is 0 Å². The predicted molar refractivity (Wildman–Crippen MR) is 79.7 cm³/mol. The van der Waals surface area contributed by atoms with Crippen molar-refractivity contribution in [2.75, 3.05) is 11.9 Å². The molecule has 3 nitrogen and oxygen atoms in total. The van der Waals surface area contributed by atoms with E-state index in [1.54, 1.807) is 0 Å². The number of benzene rings is 1. The van der Waals surface area contributed by atoms with Crippen molar-refractivity contribution in [2.24, 2.45) is 0 Å². The molecular formula is C16H24N2O. The Morgan fingerprint density at radius 1 is 1.42 bits per heavy atom. The van der Waals surface area contributed by atoms with E-state index in [0.29, 0.717) is 0 Å². The molecule has 0 bridgehead atoms. The normalized spacial score (nSPS) is 14.6. The maximum atomic E-state index is 12.2. The van der Waals surface area contributed by atoms with Crippen molar-refractivity contribution in [1.29, 1.82) is 0 Å². The van der Waals surface area contributed by atoms with Crippen LogP contribution in [-0.2, 0) is 6.42 Å². The quantitative estimate of drug-likeness (QED) is 0.770. The van der Waals surface area contributed by atoms with E-state index in [1.165, 1.54) is 30.5 Å². The number of amides is 1. The molecule has 1 amide bonds. The van der Waals surface area contributed by atoms with Gasteiger partial charge in [-0.3, -0.25) is 4.79 Å². The molecule has 1 aliphatic rings. The van der Waals surface area contributed by atoms with Crippen molar-refractivity contribution in [1.82, 2.24) is 5.32 Å². The number of carbonyl (C=O) groups is 1. The van der Waals surface area contributed by atoms with Crippen molar-refractivity contribution >= 4 is 11.6 Å². The van der Waals surface area contributed by atoms with Crippen molar-refractivity contribution in [3.63, 3.8) is 0 Å². The van der Waals surface area contributed by atoms with Gasteiger partial charge in [0.15, 0.2) is 0 Å². The second kappa shape index (κ2) is 6.60. The number of nitrogens with one attached hydrogen (secondary N) is 2. The van der Waals surface area contributed by atoms with Gasteiger partial charge in [-0.25, -0.2) is 0 Å². The lowest BCUT2D eigenvalue weighted by Crippen LogP contribution is -2.32. The number of hydrogen-bond donors (Lipinski definition) is 2. The molecule has 3 heteroatoms. The average Bonchev–Trinajstić information content (AvgIpc) is 2.86. The maximum Gasteiger partial charge on any atom is 0.251 e. The van der Waals surface area contributed by atoms with Gasteiger partial charge in [0.05, 0.1) is 0 Å². The van der Waals surface area contributed by atoms with Gasteiger partial charge in [0.1, 0.15) is 0 Å². The average molecular weight is 260 g/mol. The van der Waals surface area contributed by atoms with Gasteiger partial charge in [0, 0.05) is 23.8 Å². The molecule has 0 saturated heterocycles. The molecule has 0 aliphatic carbocycles. The zero-order chi connectivity index (χ0) is 13.7. The highest BCUT2D eigenvalue weighted by molar-refractivity contribution is 5.95. The van der Waals surface area contributed by atoms with E-state index in [1.807, 2.05) is 18.2 Å². The minimum atomic E-state index is 0.0544. The smallest absolute Gasteiger partial charge is 0.251 e. The Bertz CT molecular complexity index is 442. The molecule has 0 aromatic heterocycles. The van der Waals surface area contributed by atoms with Crippen LogP contribution in [0.1, 0.15) is 55.5 Å².